The SMILES string of the molecule is CC(F)(F)c1ccc(OCCCCCNCC(=O)N2CCc3nc(SC4CCC4)n(-c4ccccc4)c(=O)c3C2)cc1. The predicted octanol–water partition coefficient (Wildman–Crippen LogP) is 5.71. The number of alkyl halides is 2. The number of thioether (sulfide) groups is 1. The molecule has 1 aliphatic carbocycles. The predicted molar refractivity (Wildman–Crippen MR) is 161 cm³/mol. The standard InChI is InChI=1S/C32H38F2N4O3S/c1-32(33,34)23-13-15-25(16-14-23)41-20-7-3-6-18-35-21-29(39)37-19-17-28-27(22-37)30(40)38(24-9-4-2-5-10-24)31(36-28)42-26-11-8-12-26/h2,4-5,9-10,13-16,26,35H,3,6-8,11-12,17-22H2,1H3. The minimum Gasteiger partial charge on any atom is -0.494 e. The van der Waals surface area contributed by atoms with Crippen LogP contribution in [0.1, 0.15) is 62.3 Å². The third kappa shape index (κ3) is 7.58. The van der Waals surface area contributed by atoms with Crippen molar-refractivity contribution in [2.45, 2.75) is 74.7 Å². The van der Waals surface area contributed by atoms with E-state index < -0.39 is 5.92 Å². The molecular formula is C32H38F2N4O3S. The van der Waals surface area contributed by atoms with Crippen LogP contribution in [0, 0.1) is 0 Å². The molecule has 1 aliphatic heterocycles. The average molecular weight is 597 g/mol. The van der Waals surface area contributed by atoms with E-state index in [2.05, 4.69) is 5.32 Å². The van der Waals surface area contributed by atoms with Gasteiger partial charge in [-0.2, -0.15) is 0 Å². The number of amides is 1. The quantitative estimate of drug-likeness (QED) is 0.201. The fourth-order valence-corrected chi connectivity index (χ4v) is 6.38. The summed E-state index contributed by atoms with van der Waals surface area (Å²) in [4.78, 5) is 33.4. The van der Waals surface area contributed by atoms with Gasteiger partial charge in [-0.1, -0.05) is 36.4 Å². The van der Waals surface area contributed by atoms with Crippen molar-refractivity contribution < 1.29 is 18.3 Å². The molecule has 2 aliphatic rings. The largest absolute Gasteiger partial charge is 0.494 e. The number of aromatic nitrogens is 2. The molecule has 1 aromatic heterocycles. The lowest BCUT2D eigenvalue weighted by Gasteiger charge is -2.30. The first-order valence-corrected chi connectivity index (χ1v) is 15.6. The molecule has 42 heavy (non-hydrogen) atoms. The fraction of sp³-hybridized carbons (Fsp3) is 0.469. The lowest BCUT2D eigenvalue weighted by Crippen LogP contribution is -2.44. The van der Waals surface area contributed by atoms with Gasteiger partial charge in [-0.05, 0) is 75.0 Å². The third-order valence-electron chi connectivity index (χ3n) is 7.79. The molecule has 0 spiro atoms. The van der Waals surface area contributed by atoms with Crippen molar-refractivity contribution >= 4 is 17.7 Å². The molecule has 0 radical (unpaired) electrons. The Labute approximate surface area is 249 Å². The van der Waals surface area contributed by atoms with E-state index in [0.717, 1.165) is 55.6 Å². The number of halogens is 2. The zero-order valence-corrected chi connectivity index (χ0v) is 24.8. The first-order chi connectivity index (χ1) is 20.3. The minimum absolute atomic E-state index is 0.0244. The molecule has 5 rings (SSSR count). The Kier molecular flexibility index (Phi) is 9.95. The lowest BCUT2D eigenvalue weighted by atomic mass is 10.0. The smallest absolute Gasteiger partial charge is 0.270 e. The van der Waals surface area contributed by atoms with Crippen LogP contribution in [0.25, 0.3) is 5.69 Å². The van der Waals surface area contributed by atoms with Crippen LogP contribution in [0.5, 0.6) is 5.75 Å². The van der Waals surface area contributed by atoms with Gasteiger partial charge < -0.3 is 15.0 Å². The van der Waals surface area contributed by atoms with Gasteiger partial charge in [0.1, 0.15) is 5.75 Å². The van der Waals surface area contributed by atoms with Crippen LogP contribution in [-0.4, -0.2) is 51.8 Å². The average Bonchev–Trinajstić information content (AvgIpc) is 2.96. The lowest BCUT2D eigenvalue weighted by molar-refractivity contribution is -0.131. The Balaban J connectivity index is 1.07. The summed E-state index contributed by atoms with van der Waals surface area (Å²) in [5.41, 5.74) is 2.11. The molecule has 1 N–H and O–H groups in total. The number of rotatable bonds is 13. The molecule has 0 unspecified atom stereocenters. The normalized spacial score (nSPS) is 15.3. The maximum Gasteiger partial charge on any atom is 0.270 e. The van der Waals surface area contributed by atoms with Gasteiger partial charge in [-0.25, -0.2) is 13.8 Å². The number of unbranched alkanes of at least 4 members (excludes halogenated alkanes) is 2. The molecule has 10 heteroatoms. The number of fused-ring (bicyclic) bond motifs is 1. The second kappa shape index (κ2) is 13.8. The number of benzene rings is 2. The first-order valence-electron chi connectivity index (χ1n) is 14.8. The van der Waals surface area contributed by atoms with Crippen LogP contribution in [0.15, 0.2) is 64.5 Å². The summed E-state index contributed by atoms with van der Waals surface area (Å²) in [6, 6.07) is 15.5. The van der Waals surface area contributed by atoms with Crippen molar-refractivity contribution in [2.24, 2.45) is 0 Å². The molecule has 3 aromatic rings. The number of nitrogens with zero attached hydrogens (tertiary/aromatic N) is 3. The van der Waals surface area contributed by atoms with Crippen molar-refractivity contribution in [2.75, 3.05) is 26.2 Å². The van der Waals surface area contributed by atoms with Crippen LogP contribution in [0.2, 0.25) is 0 Å². The summed E-state index contributed by atoms with van der Waals surface area (Å²) >= 11 is 1.69. The van der Waals surface area contributed by atoms with E-state index in [1.54, 1.807) is 33.4 Å². The Morgan fingerprint density at radius 1 is 1.10 bits per heavy atom. The van der Waals surface area contributed by atoms with Crippen LogP contribution in [-0.2, 0) is 23.7 Å². The van der Waals surface area contributed by atoms with Gasteiger partial charge in [-0.15, -0.1) is 0 Å². The molecule has 2 aromatic carbocycles. The van der Waals surface area contributed by atoms with Crippen molar-refractivity contribution in [3.63, 3.8) is 0 Å². The van der Waals surface area contributed by atoms with Gasteiger partial charge >= 0.3 is 0 Å². The summed E-state index contributed by atoms with van der Waals surface area (Å²) < 4.78 is 34.0. The van der Waals surface area contributed by atoms with Crippen molar-refractivity contribution in [3.8, 4) is 11.4 Å². The van der Waals surface area contributed by atoms with E-state index in [9.17, 15) is 18.4 Å². The molecular weight excluding hydrogens is 558 g/mol. The maximum absolute atomic E-state index is 13.7. The molecule has 224 valence electrons. The molecule has 0 saturated heterocycles. The van der Waals surface area contributed by atoms with E-state index in [-0.39, 0.29) is 30.1 Å². The molecule has 1 saturated carbocycles. The number of hydrogen-bond acceptors (Lipinski definition) is 6. The van der Waals surface area contributed by atoms with Gasteiger partial charge in [0.15, 0.2) is 5.16 Å². The number of ether oxygens (including phenoxy) is 1. The molecule has 1 amide bonds. The van der Waals surface area contributed by atoms with Gasteiger partial charge in [0.2, 0.25) is 5.91 Å². The zero-order valence-electron chi connectivity index (χ0n) is 24.0. The highest BCUT2D eigenvalue weighted by molar-refractivity contribution is 7.99. The first kappa shape index (κ1) is 30.2. The van der Waals surface area contributed by atoms with E-state index in [1.807, 2.05) is 30.3 Å². The molecule has 2 heterocycles. The summed E-state index contributed by atoms with van der Waals surface area (Å²) in [7, 11) is 0. The van der Waals surface area contributed by atoms with Gasteiger partial charge in [-0.3, -0.25) is 14.2 Å². The van der Waals surface area contributed by atoms with E-state index in [0.29, 0.717) is 42.7 Å². The van der Waals surface area contributed by atoms with Crippen LogP contribution in [0.4, 0.5) is 8.78 Å². The van der Waals surface area contributed by atoms with Gasteiger partial charge in [0, 0.05) is 30.7 Å². The Morgan fingerprint density at radius 3 is 2.55 bits per heavy atom. The van der Waals surface area contributed by atoms with Gasteiger partial charge in [0.05, 0.1) is 36.6 Å². The van der Waals surface area contributed by atoms with E-state index in [1.165, 1.54) is 18.6 Å². The zero-order chi connectivity index (χ0) is 29.5. The topological polar surface area (TPSA) is 76.5 Å². The molecule has 1 fully saturated rings. The Bertz CT molecular complexity index is 1410. The molecule has 0 bridgehead atoms. The summed E-state index contributed by atoms with van der Waals surface area (Å²) in [6.07, 6.45) is 6.71. The van der Waals surface area contributed by atoms with Crippen LogP contribution in [0.3, 0.4) is 0 Å². The van der Waals surface area contributed by atoms with Crippen molar-refractivity contribution in [1.82, 2.24) is 19.8 Å². The van der Waals surface area contributed by atoms with E-state index >= 15 is 0 Å². The Hall–Kier alpha value is -3.24. The van der Waals surface area contributed by atoms with Crippen LogP contribution < -0.4 is 15.6 Å². The molecule has 7 nitrogen and oxygen atoms in total. The summed E-state index contributed by atoms with van der Waals surface area (Å²) in [6.45, 7) is 3.12. The highest BCUT2D eigenvalue weighted by Gasteiger charge is 2.29. The number of nitrogens with one attached hydrogen (secondary N) is 1. The number of carbonyl (C=O) groups is 1. The number of carbonyl (C=O) groups excluding carboxylic acids is 1. The molecule has 0 atom stereocenters. The minimum atomic E-state index is -2.86. The maximum atomic E-state index is 13.7. The van der Waals surface area contributed by atoms with Gasteiger partial charge in [0.25, 0.3) is 11.5 Å². The highest BCUT2D eigenvalue weighted by Crippen LogP contribution is 2.36. The summed E-state index contributed by atoms with van der Waals surface area (Å²) in [5.74, 6) is -2.30. The fourth-order valence-electron chi connectivity index (χ4n) is 5.06. The monoisotopic (exact) mass is 596 g/mol. The van der Waals surface area contributed by atoms with E-state index in [4.69, 9.17) is 9.72 Å². The third-order valence-corrected chi connectivity index (χ3v) is 9.08. The number of para-hydroxylation sites is 1. The van der Waals surface area contributed by atoms with Crippen molar-refractivity contribution in [3.05, 3.63) is 81.8 Å². The highest BCUT2D eigenvalue weighted by atomic mass is 32.2. The second-order valence-corrected chi connectivity index (χ2v) is 12.3. The number of hydrogen-bond donors (Lipinski definition) is 1. The Morgan fingerprint density at radius 2 is 1.86 bits per heavy atom. The van der Waals surface area contributed by atoms with Crippen LogP contribution >= 0.6 is 11.8 Å². The second-order valence-electron chi connectivity index (χ2n) is 11.0. The summed E-state index contributed by atoms with van der Waals surface area (Å²) in [5, 5.41) is 4.48. The van der Waals surface area contributed by atoms with Crippen molar-refractivity contribution in [1.29, 1.82) is 0 Å².